The standard InChI is InChI=1S/C12H13BrN2O3/c13-10-4-8(1-2-9(10)12(14)18)15-5-7(6-15)3-11(16)17/h1-2,4,7H,3,5-6H2,(H2,14,18)(H,16,17). The maximum absolute atomic E-state index is 11.1. The van der Waals surface area contributed by atoms with Gasteiger partial charge in [-0.1, -0.05) is 0 Å². The number of nitrogens with zero attached hydrogens (tertiary/aromatic N) is 1. The lowest BCUT2D eigenvalue weighted by Gasteiger charge is -2.40. The molecule has 3 N–H and O–H groups in total. The van der Waals surface area contributed by atoms with Gasteiger partial charge in [-0.3, -0.25) is 9.59 Å². The van der Waals surface area contributed by atoms with Crippen LogP contribution in [0, 0.1) is 5.92 Å². The molecule has 1 saturated heterocycles. The zero-order valence-corrected chi connectivity index (χ0v) is 11.2. The Hall–Kier alpha value is -1.56. The molecule has 0 spiro atoms. The monoisotopic (exact) mass is 312 g/mol. The number of hydrogen-bond donors (Lipinski definition) is 2. The fraction of sp³-hybridized carbons (Fsp3) is 0.333. The minimum atomic E-state index is -0.759. The molecule has 1 fully saturated rings. The third-order valence-electron chi connectivity index (χ3n) is 3.00. The number of aliphatic carboxylic acids is 1. The van der Waals surface area contributed by atoms with E-state index in [9.17, 15) is 9.59 Å². The minimum Gasteiger partial charge on any atom is -0.481 e. The molecule has 0 aromatic heterocycles. The Morgan fingerprint density at radius 3 is 2.61 bits per heavy atom. The lowest BCUT2D eigenvalue weighted by Crippen LogP contribution is -2.47. The molecule has 1 aliphatic rings. The van der Waals surface area contributed by atoms with Crippen molar-refractivity contribution in [3.63, 3.8) is 0 Å². The molecular formula is C12H13BrN2O3. The van der Waals surface area contributed by atoms with Crippen molar-refractivity contribution in [1.29, 1.82) is 0 Å². The molecule has 0 radical (unpaired) electrons. The number of benzene rings is 1. The SMILES string of the molecule is NC(=O)c1ccc(N2CC(CC(=O)O)C2)cc1Br. The molecule has 6 heteroatoms. The van der Waals surface area contributed by atoms with Gasteiger partial charge >= 0.3 is 5.97 Å². The van der Waals surface area contributed by atoms with E-state index < -0.39 is 11.9 Å². The van der Waals surface area contributed by atoms with Crippen LogP contribution in [0.4, 0.5) is 5.69 Å². The largest absolute Gasteiger partial charge is 0.481 e. The van der Waals surface area contributed by atoms with Crippen molar-refractivity contribution in [1.82, 2.24) is 0 Å². The van der Waals surface area contributed by atoms with Gasteiger partial charge in [0.25, 0.3) is 0 Å². The van der Waals surface area contributed by atoms with Crippen molar-refractivity contribution in [2.24, 2.45) is 11.7 Å². The van der Waals surface area contributed by atoms with E-state index >= 15 is 0 Å². The minimum absolute atomic E-state index is 0.205. The van der Waals surface area contributed by atoms with E-state index in [1.54, 1.807) is 6.07 Å². The average molecular weight is 313 g/mol. The van der Waals surface area contributed by atoms with E-state index in [1.807, 2.05) is 12.1 Å². The van der Waals surface area contributed by atoms with E-state index in [0.717, 1.165) is 18.8 Å². The quantitative estimate of drug-likeness (QED) is 0.881. The number of rotatable bonds is 4. The Balaban J connectivity index is 2.02. The predicted molar refractivity (Wildman–Crippen MR) is 70.6 cm³/mol. The number of anilines is 1. The topological polar surface area (TPSA) is 83.6 Å². The van der Waals surface area contributed by atoms with E-state index in [1.165, 1.54) is 0 Å². The molecule has 96 valence electrons. The summed E-state index contributed by atoms with van der Waals surface area (Å²) in [6, 6.07) is 5.32. The van der Waals surface area contributed by atoms with Crippen molar-refractivity contribution in [3.8, 4) is 0 Å². The number of hydrogen-bond acceptors (Lipinski definition) is 3. The molecule has 0 saturated carbocycles. The van der Waals surface area contributed by atoms with Gasteiger partial charge in [0.2, 0.25) is 5.91 Å². The van der Waals surface area contributed by atoms with E-state index in [4.69, 9.17) is 10.8 Å². The number of carbonyl (C=O) groups is 2. The molecule has 18 heavy (non-hydrogen) atoms. The van der Waals surface area contributed by atoms with Crippen LogP contribution in [0.5, 0.6) is 0 Å². The van der Waals surface area contributed by atoms with Crippen LogP contribution in [-0.4, -0.2) is 30.1 Å². The highest BCUT2D eigenvalue weighted by atomic mass is 79.9. The molecule has 1 aromatic rings. The molecule has 2 rings (SSSR count). The van der Waals surface area contributed by atoms with Gasteiger partial charge in [-0.05, 0) is 34.1 Å². The second-order valence-corrected chi connectivity index (χ2v) is 5.25. The summed E-state index contributed by atoms with van der Waals surface area (Å²) >= 11 is 3.30. The molecule has 0 atom stereocenters. The summed E-state index contributed by atoms with van der Waals surface area (Å²) in [5, 5.41) is 8.67. The van der Waals surface area contributed by atoms with Gasteiger partial charge in [-0.2, -0.15) is 0 Å². The summed E-state index contributed by atoms with van der Waals surface area (Å²) < 4.78 is 0.661. The summed E-state index contributed by atoms with van der Waals surface area (Å²) in [5.41, 5.74) is 6.63. The molecule has 1 aliphatic heterocycles. The van der Waals surface area contributed by atoms with Gasteiger partial charge in [-0.15, -0.1) is 0 Å². The fourth-order valence-corrected chi connectivity index (χ4v) is 2.62. The van der Waals surface area contributed by atoms with Crippen molar-refractivity contribution in [2.75, 3.05) is 18.0 Å². The first-order chi connectivity index (χ1) is 8.47. The van der Waals surface area contributed by atoms with E-state index in [-0.39, 0.29) is 12.3 Å². The molecular weight excluding hydrogens is 300 g/mol. The molecule has 0 bridgehead atoms. The van der Waals surface area contributed by atoms with Gasteiger partial charge < -0.3 is 15.7 Å². The lowest BCUT2D eigenvalue weighted by molar-refractivity contribution is -0.138. The van der Waals surface area contributed by atoms with Crippen LogP contribution in [-0.2, 0) is 4.79 Å². The van der Waals surface area contributed by atoms with Crippen LogP contribution in [0.3, 0.4) is 0 Å². The Labute approximate surface area is 113 Å². The summed E-state index contributed by atoms with van der Waals surface area (Å²) in [4.78, 5) is 23.7. The highest BCUT2D eigenvalue weighted by Crippen LogP contribution is 2.30. The molecule has 1 aromatic carbocycles. The highest BCUT2D eigenvalue weighted by Gasteiger charge is 2.29. The summed E-state index contributed by atoms with van der Waals surface area (Å²) in [7, 11) is 0. The van der Waals surface area contributed by atoms with Gasteiger partial charge in [-0.25, -0.2) is 0 Å². The van der Waals surface area contributed by atoms with E-state index in [0.29, 0.717) is 10.0 Å². The first-order valence-corrected chi connectivity index (χ1v) is 6.32. The Morgan fingerprint density at radius 1 is 1.44 bits per heavy atom. The maximum atomic E-state index is 11.1. The molecule has 0 unspecified atom stereocenters. The number of carbonyl (C=O) groups excluding carboxylic acids is 1. The molecule has 1 heterocycles. The Bertz CT molecular complexity index is 498. The van der Waals surface area contributed by atoms with Gasteiger partial charge in [0, 0.05) is 29.2 Å². The third-order valence-corrected chi connectivity index (χ3v) is 3.66. The van der Waals surface area contributed by atoms with Gasteiger partial charge in [0.15, 0.2) is 0 Å². The van der Waals surface area contributed by atoms with Crippen LogP contribution in [0.15, 0.2) is 22.7 Å². The summed E-state index contributed by atoms with van der Waals surface area (Å²) in [6.07, 6.45) is 0.205. The van der Waals surface area contributed by atoms with Crippen molar-refractivity contribution in [3.05, 3.63) is 28.2 Å². The van der Waals surface area contributed by atoms with Crippen LogP contribution < -0.4 is 10.6 Å². The number of amides is 1. The van der Waals surface area contributed by atoms with Crippen molar-refractivity contribution < 1.29 is 14.7 Å². The number of carboxylic acids is 1. The Morgan fingerprint density at radius 2 is 2.11 bits per heavy atom. The fourth-order valence-electron chi connectivity index (χ4n) is 2.06. The number of halogens is 1. The van der Waals surface area contributed by atoms with Crippen LogP contribution in [0.2, 0.25) is 0 Å². The zero-order chi connectivity index (χ0) is 13.3. The predicted octanol–water partition coefficient (Wildman–Crippen LogP) is 1.46. The number of carboxylic acid groups (broad SMARTS) is 1. The second kappa shape index (κ2) is 4.97. The number of nitrogens with two attached hydrogens (primary N) is 1. The maximum Gasteiger partial charge on any atom is 0.303 e. The molecule has 0 aliphatic carbocycles. The summed E-state index contributed by atoms with van der Waals surface area (Å²) in [6.45, 7) is 1.46. The van der Waals surface area contributed by atoms with Crippen molar-refractivity contribution >= 4 is 33.5 Å². The number of primary amides is 1. The average Bonchev–Trinajstić information content (AvgIpc) is 2.21. The second-order valence-electron chi connectivity index (χ2n) is 4.40. The van der Waals surface area contributed by atoms with Crippen LogP contribution in [0.25, 0.3) is 0 Å². The Kier molecular flexibility index (Phi) is 3.56. The normalized spacial score (nSPS) is 15.3. The van der Waals surface area contributed by atoms with Crippen molar-refractivity contribution in [2.45, 2.75) is 6.42 Å². The van der Waals surface area contributed by atoms with E-state index in [2.05, 4.69) is 20.8 Å². The van der Waals surface area contributed by atoms with Gasteiger partial charge in [0.05, 0.1) is 12.0 Å². The zero-order valence-electron chi connectivity index (χ0n) is 9.60. The van der Waals surface area contributed by atoms with Gasteiger partial charge in [0.1, 0.15) is 0 Å². The third kappa shape index (κ3) is 2.64. The lowest BCUT2D eigenvalue weighted by atomic mass is 9.95. The summed E-state index contributed by atoms with van der Waals surface area (Å²) in [5.74, 6) is -1.03. The van der Waals surface area contributed by atoms with Crippen LogP contribution >= 0.6 is 15.9 Å². The van der Waals surface area contributed by atoms with Crippen LogP contribution in [0.1, 0.15) is 16.8 Å². The molecule has 5 nitrogen and oxygen atoms in total. The molecule has 1 amide bonds. The smallest absolute Gasteiger partial charge is 0.303 e. The first kappa shape index (κ1) is 12.9. The highest BCUT2D eigenvalue weighted by molar-refractivity contribution is 9.10. The first-order valence-electron chi connectivity index (χ1n) is 5.53.